The van der Waals surface area contributed by atoms with Crippen molar-refractivity contribution in [3.05, 3.63) is 35.4 Å². The van der Waals surface area contributed by atoms with E-state index in [4.69, 9.17) is 0 Å². The van der Waals surface area contributed by atoms with Gasteiger partial charge in [-0.25, -0.2) is 4.79 Å². The Bertz CT molecular complexity index is 380. The Hall–Kier alpha value is -1.77. The number of esters is 1. The Morgan fingerprint density at radius 3 is 2.87 bits per heavy atom. The second-order valence-electron chi connectivity index (χ2n) is 3.10. The minimum absolute atomic E-state index is 0.160. The molecule has 1 N–H and O–H groups in total. The smallest absolute Gasteiger partial charge is 0.330 e. The first-order valence-corrected chi connectivity index (χ1v) is 4.75. The second kappa shape index (κ2) is 5.20. The van der Waals surface area contributed by atoms with Crippen LogP contribution in [0.15, 0.2) is 24.3 Å². The summed E-state index contributed by atoms with van der Waals surface area (Å²) in [4.78, 5) is 10.9. The van der Waals surface area contributed by atoms with Crippen LogP contribution in [0.5, 0.6) is 5.75 Å². The first-order valence-electron chi connectivity index (χ1n) is 4.75. The van der Waals surface area contributed by atoms with Crippen LogP contribution in [0.25, 0.3) is 6.08 Å². The van der Waals surface area contributed by atoms with Crippen molar-refractivity contribution in [3.63, 3.8) is 0 Å². The zero-order valence-electron chi connectivity index (χ0n) is 8.86. The number of aryl methyl sites for hydroxylation is 1. The van der Waals surface area contributed by atoms with Gasteiger partial charge in [0.2, 0.25) is 0 Å². The summed E-state index contributed by atoms with van der Waals surface area (Å²) in [5.41, 5.74) is 1.73. The molecule has 0 aliphatic rings. The van der Waals surface area contributed by atoms with E-state index in [9.17, 15) is 9.90 Å². The average molecular weight is 206 g/mol. The van der Waals surface area contributed by atoms with Crippen LogP contribution in [-0.2, 0) is 16.0 Å². The molecule has 3 heteroatoms. The van der Waals surface area contributed by atoms with Crippen LogP contribution in [0.3, 0.4) is 0 Å². The molecule has 0 heterocycles. The molecule has 15 heavy (non-hydrogen) atoms. The minimum Gasteiger partial charge on any atom is -0.507 e. The summed E-state index contributed by atoms with van der Waals surface area (Å²) in [6.45, 7) is 2.03. The highest BCUT2D eigenvalue weighted by Crippen LogP contribution is 2.20. The maximum atomic E-state index is 10.9. The molecule has 0 fully saturated rings. The number of benzene rings is 1. The van der Waals surface area contributed by atoms with Crippen LogP contribution in [0, 0.1) is 0 Å². The molecule has 1 aromatic carbocycles. The monoisotopic (exact) mass is 206 g/mol. The van der Waals surface area contributed by atoms with Gasteiger partial charge in [-0.2, -0.15) is 0 Å². The number of aromatic hydroxyl groups is 1. The van der Waals surface area contributed by atoms with E-state index in [1.54, 1.807) is 12.1 Å². The summed E-state index contributed by atoms with van der Waals surface area (Å²) in [6, 6.07) is 5.31. The van der Waals surface area contributed by atoms with E-state index in [0.29, 0.717) is 5.56 Å². The van der Waals surface area contributed by atoms with Gasteiger partial charge in [-0.3, -0.25) is 0 Å². The number of methoxy groups -OCH3 is 1. The van der Waals surface area contributed by atoms with Crippen molar-refractivity contribution in [1.82, 2.24) is 0 Å². The van der Waals surface area contributed by atoms with Gasteiger partial charge in [0.1, 0.15) is 5.75 Å². The lowest BCUT2D eigenvalue weighted by atomic mass is 10.1. The molecule has 0 amide bonds. The van der Waals surface area contributed by atoms with Gasteiger partial charge in [-0.05, 0) is 30.2 Å². The van der Waals surface area contributed by atoms with Gasteiger partial charge in [0.15, 0.2) is 0 Å². The lowest BCUT2D eigenvalue weighted by Crippen LogP contribution is -1.93. The predicted molar refractivity (Wildman–Crippen MR) is 58.5 cm³/mol. The molecule has 0 atom stereocenters. The van der Waals surface area contributed by atoms with Crippen molar-refractivity contribution in [3.8, 4) is 5.75 Å². The highest BCUT2D eigenvalue weighted by molar-refractivity contribution is 5.87. The Morgan fingerprint density at radius 2 is 2.27 bits per heavy atom. The molecule has 0 aromatic heterocycles. The normalized spacial score (nSPS) is 10.5. The van der Waals surface area contributed by atoms with E-state index in [1.807, 2.05) is 19.1 Å². The third-order valence-electron chi connectivity index (χ3n) is 2.10. The molecule has 0 saturated heterocycles. The van der Waals surface area contributed by atoms with Gasteiger partial charge in [0.05, 0.1) is 7.11 Å². The quantitative estimate of drug-likeness (QED) is 0.608. The molecular formula is C12H14O3. The molecule has 3 nitrogen and oxygen atoms in total. The molecule has 0 bridgehead atoms. The minimum atomic E-state index is -0.434. The van der Waals surface area contributed by atoms with E-state index in [1.165, 1.54) is 13.2 Å². The first-order chi connectivity index (χ1) is 7.17. The van der Waals surface area contributed by atoms with E-state index in [-0.39, 0.29) is 5.75 Å². The summed E-state index contributed by atoms with van der Waals surface area (Å²) < 4.78 is 4.46. The number of hydrogen-bond donors (Lipinski definition) is 1. The number of ether oxygens (including phenoxy) is 1. The van der Waals surface area contributed by atoms with Crippen LogP contribution in [-0.4, -0.2) is 18.2 Å². The fraction of sp³-hybridized carbons (Fsp3) is 0.250. The summed E-state index contributed by atoms with van der Waals surface area (Å²) in [7, 11) is 1.31. The Labute approximate surface area is 89.0 Å². The molecular weight excluding hydrogens is 192 g/mol. The summed E-state index contributed by atoms with van der Waals surface area (Å²) in [5.74, 6) is -0.274. The molecule has 0 spiro atoms. The highest BCUT2D eigenvalue weighted by atomic mass is 16.5. The van der Waals surface area contributed by atoms with Crippen LogP contribution in [0.4, 0.5) is 0 Å². The third kappa shape index (κ3) is 3.13. The van der Waals surface area contributed by atoms with Crippen molar-refractivity contribution < 1.29 is 14.6 Å². The Kier molecular flexibility index (Phi) is 3.92. The van der Waals surface area contributed by atoms with Crippen LogP contribution < -0.4 is 0 Å². The van der Waals surface area contributed by atoms with E-state index in [2.05, 4.69) is 4.74 Å². The fourth-order valence-corrected chi connectivity index (χ4v) is 1.18. The molecule has 0 unspecified atom stereocenters. The Balaban J connectivity index is 2.93. The SMILES string of the molecule is CCc1ccc(O)c(/C=C/C(=O)OC)c1. The van der Waals surface area contributed by atoms with Gasteiger partial charge >= 0.3 is 5.97 Å². The van der Waals surface area contributed by atoms with Crippen molar-refractivity contribution in [2.75, 3.05) is 7.11 Å². The number of rotatable bonds is 3. The number of phenolic OH excluding ortho intramolecular Hbond substituents is 1. The second-order valence-corrected chi connectivity index (χ2v) is 3.10. The van der Waals surface area contributed by atoms with E-state index >= 15 is 0 Å². The first kappa shape index (κ1) is 11.3. The molecule has 0 aliphatic carbocycles. The number of carbonyl (C=O) groups excluding carboxylic acids is 1. The molecule has 0 saturated carbocycles. The number of hydrogen-bond acceptors (Lipinski definition) is 3. The van der Waals surface area contributed by atoms with Gasteiger partial charge in [-0.15, -0.1) is 0 Å². The van der Waals surface area contributed by atoms with E-state index < -0.39 is 5.97 Å². The van der Waals surface area contributed by atoms with Gasteiger partial charge in [-0.1, -0.05) is 13.0 Å². The maximum Gasteiger partial charge on any atom is 0.330 e. The molecule has 80 valence electrons. The lowest BCUT2D eigenvalue weighted by molar-refractivity contribution is -0.134. The highest BCUT2D eigenvalue weighted by Gasteiger charge is 1.99. The van der Waals surface area contributed by atoms with Gasteiger partial charge < -0.3 is 9.84 Å². The predicted octanol–water partition coefficient (Wildman–Crippen LogP) is 2.14. The summed E-state index contributed by atoms with van der Waals surface area (Å²) >= 11 is 0. The van der Waals surface area contributed by atoms with Crippen LogP contribution >= 0.6 is 0 Å². The lowest BCUT2D eigenvalue weighted by Gasteiger charge is -2.01. The number of phenols is 1. The van der Waals surface area contributed by atoms with Crippen molar-refractivity contribution in [2.45, 2.75) is 13.3 Å². The molecule has 0 aliphatic heterocycles. The van der Waals surface area contributed by atoms with Crippen molar-refractivity contribution in [1.29, 1.82) is 0 Å². The van der Waals surface area contributed by atoms with E-state index in [0.717, 1.165) is 12.0 Å². The van der Waals surface area contributed by atoms with Crippen molar-refractivity contribution >= 4 is 12.0 Å². The maximum absolute atomic E-state index is 10.9. The van der Waals surface area contributed by atoms with Crippen LogP contribution in [0.1, 0.15) is 18.1 Å². The summed E-state index contributed by atoms with van der Waals surface area (Å²) in [6.07, 6.45) is 3.72. The molecule has 0 radical (unpaired) electrons. The number of carbonyl (C=O) groups is 1. The Morgan fingerprint density at radius 1 is 1.53 bits per heavy atom. The topological polar surface area (TPSA) is 46.5 Å². The van der Waals surface area contributed by atoms with Gasteiger partial charge in [0, 0.05) is 11.6 Å². The standard InChI is InChI=1S/C12H14O3/c1-3-9-4-6-11(13)10(8-9)5-7-12(14)15-2/h4-8,13H,3H2,1-2H3/b7-5+. The molecule has 1 rings (SSSR count). The average Bonchev–Trinajstić information content (AvgIpc) is 2.27. The zero-order valence-corrected chi connectivity index (χ0v) is 8.86. The largest absolute Gasteiger partial charge is 0.507 e. The van der Waals surface area contributed by atoms with Gasteiger partial charge in [0.25, 0.3) is 0 Å². The summed E-state index contributed by atoms with van der Waals surface area (Å²) in [5, 5.41) is 9.51. The zero-order chi connectivity index (χ0) is 11.3. The van der Waals surface area contributed by atoms with Crippen molar-refractivity contribution in [2.24, 2.45) is 0 Å². The molecule has 1 aromatic rings. The third-order valence-corrected chi connectivity index (χ3v) is 2.10. The fourth-order valence-electron chi connectivity index (χ4n) is 1.18. The van der Waals surface area contributed by atoms with Crippen LogP contribution in [0.2, 0.25) is 0 Å².